The summed E-state index contributed by atoms with van der Waals surface area (Å²) in [6.45, 7) is 2.14. The zero-order valence-corrected chi connectivity index (χ0v) is 9.65. The summed E-state index contributed by atoms with van der Waals surface area (Å²) in [5.74, 6) is 1.52. The molecule has 2 fully saturated rings. The highest BCUT2D eigenvalue weighted by Gasteiger charge is 2.25. The third-order valence-electron chi connectivity index (χ3n) is 3.92. The van der Waals surface area contributed by atoms with Gasteiger partial charge in [-0.1, -0.05) is 6.42 Å². The van der Waals surface area contributed by atoms with E-state index in [0.29, 0.717) is 12.0 Å². The molecular weight excluding hydrogens is 200 g/mol. The van der Waals surface area contributed by atoms with E-state index < -0.39 is 0 Å². The summed E-state index contributed by atoms with van der Waals surface area (Å²) < 4.78 is 2.04. The Balaban J connectivity index is 1.79. The van der Waals surface area contributed by atoms with Gasteiger partial charge in [-0.2, -0.15) is 5.10 Å². The van der Waals surface area contributed by atoms with E-state index in [-0.39, 0.29) is 0 Å². The van der Waals surface area contributed by atoms with Crippen LogP contribution < -0.4 is 11.1 Å². The van der Waals surface area contributed by atoms with Crippen LogP contribution in [0.4, 0.5) is 5.82 Å². The lowest BCUT2D eigenvalue weighted by molar-refractivity contribution is 0.341. The molecular formula is C12H20N4. The molecule has 1 aliphatic heterocycles. The standard InChI is InChI=1S/C12H20N4/c13-12-7-11(9-3-1-4-9)15-16(12)10-5-2-6-14-8-10/h7,9-10,14H,1-6,8,13H2/t10-/m0/s1. The molecule has 0 bridgehead atoms. The van der Waals surface area contributed by atoms with Gasteiger partial charge in [0.2, 0.25) is 0 Å². The normalized spacial score (nSPS) is 26.6. The molecule has 3 N–H and O–H groups in total. The van der Waals surface area contributed by atoms with E-state index in [1.54, 1.807) is 0 Å². The molecule has 1 aromatic rings. The zero-order valence-electron chi connectivity index (χ0n) is 9.65. The lowest BCUT2D eigenvalue weighted by Gasteiger charge is -2.25. The third kappa shape index (κ3) is 1.71. The van der Waals surface area contributed by atoms with Gasteiger partial charge in [0, 0.05) is 18.5 Å². The molecule has 1 saturated heterocycles. The SMILES string of the molecule is Nc1cc(C2CCC2)nn1[C@H]1CCCNC1. The predicted molar refractivity (Wildman–Crippen MR) is 64.4 cm³/mol. The van der Waals surface area contributed by atoms with Crippen LogP contribution in [0.5, 0.6) is 0 Å². The number of piperidine rings is 1. The van der Waals surface area contributed by atoms with E-state index in [1.165, 1.54) is 37.8 Å². The number of nitrogens with one attached hydrogen (secondary N) is 1. The Morgan fingerprint density at radius 2 is 2.19 bits per heavy atom. The Kier molecular flexibility index (Phi) is 2.59. The molecule has 4 heteroatoms. The molecule has 2 heterocycles. The Morgan fingerprint density at radius 1 is 1.31 bits per heavy atom. The summed E-state index contributed by atoms with van der Waals surface area (Å²) in [7, 11) is 0. The van der Waals surface area contributed by atoms with E-state index in [0.717, 1.165) is 18.9 Å². The van der Waals surface area contributed by atoms with Crippen LogP contribution >= 0.6 is 0 Å². The molecule has 1 aliphatic carbocycles. The number of nitrogen functional groups attached to an aromatic ring is 1. The fourth-order valence-corrected chi connectivity index (χ4v) is 2.67. The molecule has 0 radical (unpaired) electrons. The summed E-state index contributed by atoms with van der Waals surface area (Å²) in [5, 5.41) is 8.12. The van der Waals surface area contributed by atoms with Gasteiger partial charge in [-0.25, -0.2) is 4.68 Å². The summed E-state index contributed by atoms with van der Waals surface area (Å²) >= 11 is 0. The molecule has 88 valence electrons. The summed E-state index contributed by atoms with van der Waals surface area (Å²) in [6, 6.07) is 2.54. The van der Waals surface area contributed by atoms with Gasteiger partial charge in [0.05, 0.1) is 11.7 Å². The first-order chi connectivity index (χ1) is 7.84. The number of hydrogen-bond donors (Lipinski definition) is 2. The first-order valence-corrected chi connectivity index (χ1v) is 6.40. The predicted octanol–water partition coefficient (Wildman–Crippen LogP) is 1.66. The monoisotopic (exact) mass is 220 g/mol. The molecule has 0 spiro atoms. The average molecular weight is 220 g/mol. The van der Waals surface area contributed by atoms with Crippen molar-refractivity contribution < 1.29 is 0 Å². The number of hydrogen-bond acceptors (Lipinski definition) is 3. The summed E-state index contributed by atoms with van der Waals surface area (Å²) in [5.41, 5.74) is 7.28. The molecule has 4 nitrogen and oxygen atoms in total. The van der Waals surface area contributed by atoms with Crippen LogP contribution in [-0.4, -0.2) is 22.9 Å². The van der Waals surface area contributed by atoms with E-state index >= 15 is 0 Å². The van der Waals surface area contributed by atoms with Crippen molar-refractivity contribution in [3.05, 3.63) is 11.8 Å². The molecule has 1 aromatic heterocycles. The minimum atomic E-state index is 0.461. The first-order valence-electron chi connectivity index (χ1n) is 6.40. The van der Waals surface area contributed by atoms with Crippen LogP contribution in [0.2, 0.25) is 0 Å². The second-order valence-electron chi connectivity index (χ2n) is 5.07. The maximum Gasteiger partial charge on any atom is 0.122 e. The highest BCUT2D eigenvalue weighted by molar-refractivity contribution is 5.33. The highest BCUT2D eigenvalue weighted by Crippen LogP contribution is 2.36. The molecule has 3 rings (SSSR count). The largest absolute Gasteiger partial charge is 0.384 e. The van der Waals surface area contributed by atoms with Gasteiger partial charge < -0.3 is 11.1 Å². The lowest BCUT2D eigenvalue weighted by atomic mass is 9.83. The van der Waals surface area contributed by atoms with Crippen LogP contribution in [0.25, 0.3) is 0 Å². The highest BCUT2D eigenvalue weighted by atomic mass is 15.3. The zero-order chi connectivity index (χ0) is 11.0. The Labute approximate surface area is 96.2 Å². The van der Waals surface area contributed by atoms with Crippen LogP contribution in [0.15, 0.2) is 6.07 Å². The number of aromatic nitrogens is 2. The summed E-state index contributed by atoms with van der Waals surface area (Å²) in [4.78, 5) is 0. The van der Waals surface area contributed by atoms with Gasteiger partial charge in [0.15, 0.2) is 0 Å². The maximum atomic E-state index is 6.06. The van der Waals surface area contributed by atoms with Crippen molar-refractivity contribution >= 4 is 5.82 Å². The molecule has 2 aliphatic rings. The quantitative estimate of drug-likeness (QED) is 0.797. The Bertz CT molecular complexity index is 361. The van der Waals surface area contributed by atoms with Gasteiger partial charge >= 0.3 is 0 Å². The van der Waals surface area contributed by atoms with E-state index in [9.17, 15) is 0 Å². The molecule has 0 aromatic carbocycles. The van der Waals surface area contributed by atoms with E-state index in [4.69, 9.17) is 10.8 Å². The fourth-order valence-electron chi connectivity index (χ4n) is 2.67. The van der Waals surface area contributed by atoms with Crippen molar-refractivity contribution in [2.45, 2.75) is 44.1 Å². The molecule has 1 atom stereocenters. The average Bonchev–Trinajstić information content (AvgIpc) is 2.59. The number of nitrogens with two attached hydrogens (primary N) is 1. The number of nitrogens with zero attached hydrogens (tertiary/aromatic N) is 2. The van der Waals surface area contributed by atoms with Crippen LogP contribution in [-0.2, 0) is 0 Å². The Morgan fingerprint density at radius 3 is 2.81 bits per heavy atom. The van der Waals surface area contributed by atoms with Crippen molar-refractivity contribution in [2.75, 3.05) is 18.8 Å². The van der Waals surface area contributed by atoms with Crippen molar-refractivity contribution in [1.82, 2.24) is 15.1 Å². The van der Waals surface area contributed by atoms with Crippen molar-refractivity contribution in [3.63, 3.8) is 0 Å². The van der Waals surface area contributed by atoms with Gasteiger partial charge in [0.25, 0.3) is 0 Å². The van der Waals surface area contributed by atoms with E-state index in [1.807, 2.05) is 4.68 Å². The molecule has 0 amide bonds. The number of anilines is 1. The molecule has 0 unspecified atom stereocenters. The third-order valence-corrected chi connectivity index (χ3v) is 3.92. The van der Waals surface area contributed by atoms with Crippen LogP contribution in [0.3, 0.4) is 0 Å². The second-order valence-corrected chi connectivity index (χ2v) is 5.07. The smallest absolute Gasteiger partial charge is 0.122 e. The minimum Gasteiger partial charge on any atom is -0.384 e. The molecule has 1 saturated carbocycles. The van der Waals surface area contributed by atoms with Crippen molar-refractivity contribution in [1.29, 1.82) is 0 Å². The van der Waals surface area contributed by atoms with Crippen molar-refractivity contribution in [3.8, 4) is 0 Å². The van der Waals surface area contributed by atoms with Gasteiger partial charge in [-0.05, 0) is 32.2 Å². The second kappa shape index (κ2) is 4.09. The first kappa shape index (κ1) is 10.1. The summed E-state index contributed by atoms with van der Waals surface area (Å²) in [6.07, 6.45) is 6.35. The topological polar surface area (TPSA) is 55.9 Å². The lowest BCUT2D eigenvalue weighted by Crippen LogP contribution is -2.32. The van der Waals surface area contributed by atoms with Crippen LogP contribution in [0.1, 0.15) is 49.8 Å². The fraction of sp³-hybridized carbons (Fsp3) is 0.750. The minimum absolute atomic E-state index is 0.461. The van der Waals surface area contributed by atoms with Crippen LogP contribution in [0, 0.1) is 0 Å². The van der Waals surface area contributed by atoms with Crippen molar-refractivity contribution in [2.24, 2.45) is 0 Å². The van der Waals surface area contributed by atoms with Gasteiger partial charge in [-0.15, -0.1) is 0 Å². The number of rotatable bonds is 2. The van der Waals surface area contributed by atoms with Gasteiger partial charge in [0.1, 0.15) is 5.82 Å². The Hall–Kier alpha value is -1.03. The molecule has 16 heavy (non-hydrogen) atoms. The van der Waals surface area contributed by atoms with Gasteiger partial charge in [-0.3, -0.25) is 0 Å². The maximum absolute atomic E-state index is 6.06. The van der Waals surface area contributed by atoms with E-state index in [2.05, 4.69) is 11.4 Å².